The van der Waals surface area contributed by atoms with E-state index in [0.29, 0.717) is 36.3 Å². The van der Waals surface area contributed by atoms with E-state index >= 15 is 0 Å². The summed E-state index contributed by atoms with van der Waals surface area (Å²) in [5, 5.41) is 9.00. The van der Waals surface area contributed by atoms with Gasteiger partial charge >= 0.3 is 0 Å². The predicted octanol–water partition coefficient (Wildman–Crippen LogP) is 4.86. The van der Waals surface area contributed by atoms with E-state index in [1.165, 1.54) is 4.90 Å². The van der Waals surface area contributed by atoms with Crippen molar-refractivity contribution in [1.29, 1.82) is 0 Å². The molecule has 0 aliphatic carbocycles. The lowest BCUT2D eigenvalue weighted by Gasteiger charge is -2.25. The highest BCUT2D eigenvalue weighted by Gasteiger charge is 2.21. The zero-order valence-corrected chi connectivity index (χ0v) is 23.5. The molecule has 0 heterocycles. The lowest BCUT2D eigenvalue weighted by molar-refractivity contribution is -0.107. The molecule has 0 aliphatic rings. The van der Waals surface area contributed by atoms with Crippen molar-refractivity contribution in [1.82, 2.24) is 16.0 Å². The molecule has 1 aromatic rings. The van der Waals surface area contributed by atoms with Crippen LogP contribution in [0.5, 0.6) is 0 Å². The molecular formula is C27H50N4O3. The van der Waals surface area contributed by atoms with Crippen LogP contribution in [0, 0.1) is 10.8 Å². The molecule has 34 heavy (non-hydrogen) atoms. The van der Waals surface area contributed by atoms with Gasteiger partial charge in [-0.1, -0.05) is 68.7 Å². The monoisotopic (exact) mass is 478 g/mol. The van der Waals surface area contributed by atoms with Crippen molar-refractivity contribution in [3.63, 3.8) is 0 Å². The largest absolute Gasteiger partial charge is 0.352 e. The van der Waals surface area contributed by atoms with Gasteiger partial charge in [-0.05, 0) is 42.5 Å². The number of rotatable bonds is 12. The molecule has 1 aromatic carbocycles. The third-order valence-corrected chi connectivity index (χ3v) is 5.04. The second-order valence-electron chi connectivity index (χ2n) is 9.46. The van der Waals surface area contributed by atoms with Crippen LogP contribution in [-0.4, -0.2) is 52.0 Å². The fourth-order valence-electron chi connectivity index (χ4n) is 3.29. The highest BCUT2D eigenvalue weighted by molar-refractivity contribution is 6.01. The summed E-state index contributed by atoms with van der Waals surface area (Å²) < 4.78 is 0. The lowest BCUT2D eigenvalue weighted by Crippen LogP contribution is -2.39. The summed E-state index contributed by atoms with van der Waals surface area (Å²) in [6.45, 7) is 20.2. The van der Waals surface area contributed by atoms with Crippen molar-refractivity contribution >= 4 is 23.9 Å². The molecule has 0 spiro atoms. The van der Waals surface area contributed by atoms with Crippen molar-refractivity contribution in [2.24, 2.45) is 10.8 Å². The Morgan fingerprint density at radius 1 is 0.853 bits per heavy atom. The third-order valence-electron chi connectivity index (χ3n) is 5.04. The number of anilines is 1. The Morgan fingerprint density at radius 3 is 1.68 bits per heavy atom. The molecule has 0 saturated heterocycles. The average Bonchev–Trinajstić information content (AvgIpc) is 2.82. The van der Waals surface area contributed by atoms with Gasteiger partial charge in [0.2, 0.25) is 6.41 Å². The first-order valence-electron chi connectivity index (χ1n) is 12.5. The normalized spacial score (nSPS) is 10.7. The molecule has 7 nitrogen and oxygen atoms in total. The number of benzene rings is 1. The van der Waals surface area contributed by atoms with E-state index < -0.39 is 0 Å². The van der Waals surface area contributed by atoms with E-state index in [0.717, 1.165) is 19.4 Å². The fourth-order valence-corrected chi connectivity index (χ4v) is 3.29. The van der Waals surface area contributed by atoms with Gasteiger partial charge in [0.1, 0.15) is 0 Å². The Kier molecular flexibility index (Phi) is 17.0. The van der Waals surface area contributed by atoms with Crippen molar-refractivity contribution in [3.05, 3.63) is 29.3 Å². The zero-order valence-electron chi connectivity index (χ0n) is 23.5. The van der Waals surface area contributed by atoms with Crippen LogP contribution in [0.3, 0.4) is 0 Å². The van der Waals surface area contributed by atoms with Gasteiger partial charge in [-0.3, -0.25) is 14.4 Å². The third kappa shape index (κ3) is 12.7. The molecule has 3 amide bonds. The van der Waals surface area contributed by atoms with Crippen LogP contribution in [0.15, 0.2) is 18.2 Å². The molecule has 0 bridgehead atoms. The SMILES string of the molecule is CC.CC.CCCC(C)(C)CNC(=O)c1cc(C(=O)NCC(C)(C)CNC)cc(N(C)C=O)c1. The van der Waals surface area contributed by atoms with Gasteiger partial charge in [0.05, 0.1) is 0 Å². The van der Waals surface area contributed by atoms with E-state index in [-0.39, 0.29) is 22.6 Å². The minimum absolute atomic E-state index is 0.0132. The highest BCUT2D eigenvalue weighted by Crippen LogP contribution is 2.22. The van der Waals surface area contributed by atoms with E-state index in [9.17, 15) is 14.4 Å². The minimum atomic E-state index is -0.277. The maximum Gasteiger partial charge on any atom is 0.251 e. The summed E-state index contributed by atoms with van der Waals surface area (Å²) in [7, 11) is 3.46. The first-order chi connectivity index (χ1) is 15.9. The minimum Gasteiger partial charge on any atom is -0.352 e. The molecule has 196 valence electrons. The summed E-state index contributed by atoms with van der Waals surface area (Å²) in [4.78, 5) is 38.1. The van der Waals surface area contributed by atoms with Gasteiger partial charge in [0.15, 0.2) is 0 Å². The molecule has 0 fully saturated rings. The molecule has 0 aliphatic heterocycles. The number of hydrogen-bond acceptors (Lipinski definition) is 4. The molecule has 3 N–H and O–H groups in total. The molecule has 0 unspecified atom stereocenters. The van der Waals surface area contributed by atoms with Gasteiger partial charge in [-0.15, -0.1) is 0 Å². The molecule has 0 radical (unpaired) electrons. The van der Waals surface area contributed by atoms with Crippen LogP contribution in [0.1, 0.15) is 95.9 Å². The quantitative estimate of drug-likeness (QED) is 0.374. The van der Waals surface area contributed by atoms with Crippen LogP contribution < -0.4 is 20.9 Å². The summed E-state index contributed by atoms with van der Waals surface area (Å²) in [5.41, 5.74) is 1.06. The Hall–Kier alpha value is -2.41. The van der Waals surface area contributed by atoms with Crippen molar-refractivity contribution < 1.29 is 14.4 Å². The fraction of sp³-hybridized carbons (Fsp3) is 0.667. The molecule has 0 saturated carbocycles. The lowest BCUT2D eigenvalue weighted by atomic mass is 9.88. The van der Waals surface area contributed by atoms with Gasteiger partial charge in [0, 0.05) is 43.5 Å². The first-order valence-corrected chi connectivity index (χ1v) is 12.5. The number of carbonyl (C=O) groups is 3. The molecule has 0 atom stereocenters. The first kappa shape index (κ1) is 33.8. The van der Waals surface area contributed by atoms with Crippen molar-refractivity contribution in [2.45, 2.75) is 75.2 Å². The van der Waals surface area contributed by atoms with E-state index in [1.54, 1.807) is 25.2 Å². The predicted molar refractivity (Wildman–Crippen MR) is 145 cm³/mol. The van der Waals surface area contributed by atoms with Crippen molar-refractivity contribution in [3.8, 4) is 0 Å². The summed E-state index contributed by atoms with van der Waals surface area (Å²) in [6.07, 6.45) is 2.69. The van der Waals surface area contributed by atoms with Crippen LogP contribution in [0.2, 0.25) is 0 Å². The Labute approximate surface area is 208 Å². The highest BCUT2D eigenvalue weighted by atomic mass is 16.2. The number of nitrogens with one attached hydrogen (secondary N) is 3. The number of carbonyl (C=O) groups excluding carboxylic acids is 3. The molecular weight excluding hydrogens is 428 g/mol. The number of amides is 3. The van der Waals surface area contributed by atoms with Crippen LogP contribution >= 0.6 is 0 Å². The summed E-state index contributed by atoms with van der Waals surface area (Å²) >= 11 is 0. The van der Waals surface area contributed by atoms with E-state index in [4.69, 9.17) is 0 Å². The smallest absolute Gasteiger partial charge is 0.251 e. The summed E-state index contributed by atoms with van der Waals surface area (Å²) in [5.74, 6) is -0.537. The van der Waals surface area contributed by atoms with Crippen LogP contribution in [0.4, 0.5) is 5.69 Å². The maximum absolute atomic E-state index is 12.8. The zero-order chi connectivity index (χ0) is 26.9. The van der Waals surface area contributed by atoms with Crippen LogP contribution in [-0.2, 0) is 4.79 Å². The van der Waals surface area contributed by atoms with Gasteiger partial charge in [-0.25, -0.2) is 0 Å². The number of nitrogens with zero attached hydrogens (tertiary/aromatic N) is 1. The number of hydrogen-bond donors (Lipinski definition) is 3. The topological polar surface area (TPSA) is 90.5 Å². The van der Waals surface area contributed by atoms with Gasteiger partial charge in [0.25, 0.3) is 11.8 Å². The van der Waals surface area contributed by atoms with E-state index in [2.05, 4.69) is 50.6 Å². The average molecular weight is 479 g/mol. The molecule has 0 aromatic heterocycles. The Morgan fingerprint density at radius 2 is 1.29 bits per heavy atom. The van der Waals surface area contributed by atoms with Crippen molar-refractivity contribution in [2.75, 3.05) is 38.6 Å². The Balaban J connectivity index is 0. The molecule has 7 heteroatoms. The molecule has 1 rings (SSSR count). The van der Waals surface area contributed by atoms with Gasteiger partial charge in [-0.2, -0.15) is 0 Å². The van der Waals surface area contributed by atoms with Crippen LogP contribution in [0.25, 0.3) is 0 Å². The van der Waals surface area contributed by atoms with Gasteiger partial charge < -0.3 is 20.9 Å². The summed E-state index contributed by atoms with van der Waals surface area (Å²) in [6, 6.07) is 4.82. The standard InChI is InChI=1S/C23H38N4O3.2C2H6/c1-8-9-22(2,3)14-25-20(29)17-10-18(12-19(11-17)27(7)16-28)21(30)26-15-23(4,5)13-24-6;2*1-2/h10-12,16,24H,8-9,13-15H2,1-7H3,(H,25,29)(H,26,30);2*1-2H3. The second-order valence-corrected chi connectivity index (χ2v) is 9.46. The maximum atomic E-state index is 12.8. The van der Waals surface area contributed by atoms with E-state index in [1.807, 2.05) is 34.7 Å². The second kappa shape index (κ2) is 17.1. The Bertz CT molecular complexity index is 693.